The molecular formula is C23H25BN4O6S. The molecule has 2 aromatic heterocycles. The second kappa shape index (κ2) is 11.7. The van der Waals surface area contributed by atoms with Crippen molar-refractivity contribution >= 4 is 35.1 Å². The fourth-order valence-corrected chi connectivity index (χ4v) is 4.48. The Morgan fingerprint density at radius 1 is 1.09 bits per heavy atom. The molecule has 0 saturated heterocycles. The van der Waals surface area contributed by atoms with Crippen molar-refractivity contribution in [2.45, 2.75) is 24.3 Å². The van der Waals surface area contributed by atoms with Gasteiger partial charge in [-0.2, -0.15) is 0 Å². The molecule has 35 heavy (non-hydrogen) atoms. The van der Waals surface area contributed by atoms with Crippen LogP contribution >= 0.6 is 0 Å². The standard InChI is InChI=1S/C23H25BN4O6S/c1-16(27-35(32,33)20-6-3-2-4-7-20)14-26-22(30)17-12-18-8-9-19(15-28(18)21(29)13-17)34-11-5-10-25-23(24)31/h2-4,6-9,12-13,15-16,27H,5,10-11,14H2,1H3,(H,25,31)(H,26,30)/t16-/m1/s1. The Morgan fingerprint density at radius 3 is 2.54 bits per heavy atom. The Morgan fingerprint density at radius 2 is 1.83 bits per heavy atom. The number of hydrogen-bond donors (Lipinski definition) is 3. The zero-order valence-corrected chi connectivity index (χ0v) is 19.9. The van der Waals surface area contributed by atoms with Gasteiger partial charge in [0.15, 0.2) is 13.7 Å². The Balaban J connectivity index is 1.59. The molecule has 12 heteroatoms. The van der Waals surface area contributed by atoms with Crippen molar-refractivity contribution in [3.05, 3.63) is 76.7 Å². The summed E-state index contributed by atoms with van der Waals surface area (Å²) in [6.07, 6.45) is 2.05. The Labute approximate surface area is 204 Å². The molecule has 2 radical (unpaired) electrons. The molecule has 2 amide bonds. The first-order chi connectivity index (χ1) is 16.7. The van der Waals surface area contributed by atoms with E-state index in [-0.39, 0.29) is 17.0 Å². The second-order valence-electron chi connectivity index (χ2n) is 7.78. The van der Waals surface area contributed by atoms with Crippen LogP contribution < -0.4 is 25.7 Å². The summed E-state index contributed by atoms with van der Waals surface area (Å²) in [6.45, 7) is 2.34. The maximum atomic E-state index is 12.6. The molecule has 3 rings (SSSR count). The number of rotatable bonds is 11. The minimum absolute atomic E-state index is 0.0294. The van der Waals surface area contributed by atoms with Gasteiger partial charge in [0.25, 0.3) is 11.5 Å². The highest BCUT2D eigenvalue weighted by atomic mass is 32.2. The van der Waals surface area contributed by atoms with Crippen molar-refractivity contribution in [3.63, 3.8) is 0 Å². The van der Waals surface area contributed by atoms with Crippen LogP contribution in [0.3, 0.4) is 0 Å². The third-order valence-electron chi connectivity index (χ3n) is 4.90. The van der Waals surface area contributed by atoms with Crippen LogP contribution in [0.15, 0.2) is 70.5 Å². The van der Waals surface area contributed by atoms with Crippen LogP contribution in [0, 0.1) is 0 Å². The van der Waals surface area contributed by atoms with Crippen LogP contribution in [-0.4, -0.2) is 58.1 Å². The number of pyridine rings is 2. The van der Waals surface area contributed by atoms with Crippen LogP contribution in [0.5, 0.6) is 5.75 Å². The van der Waals surface area contributed by atoms with Gasteiger partial charge in [-0.15, -0.1) is 0 Å². The summed E-state index contributed by atoms with van der Waals surface area (Å²) in [6, 6.07) is 13.4. The molecule has 0 aliphatic rings. The van der Waals surface area contributed by atoms with Crippen molar-refractivity contribution in [1.29, 1.82) is 0 Å². The van der Waals surface area contributed by atoms with Crippen LogP contribution in [0.1, 0.15) is 23.7 Å². The summed E-state index contributed by atoms with van der Waals surface area (Å²) in [4.78, 5) is 35.9. The third-order valence-corrected chi connectivity index (χ3v) is 6.51. The normalized spacial score (nSPS) is 12.1. The van der Waals surface area contributed by atoms with E-state index in [0.29, 0.717) is 30.8 Å². The fourth-order valence-electron chi connectivity index (χ4n) is 3.22. The molecule has 0 unspecified atom stereocenters. The highest BCUT2D eigenvalue weighted by molar-refractivity contribution is 7.89. The number of amides is 2. The number of aromatic nitrogens is 1. The molecule has 3 N–H and O–H groups in total. The van der Waals surface area contributed by atoms with Crippen molar-refractivity contribution in [2.75, 3.05) is 19.7 Å². The van der Waals surface area contributed by atoms with E-state index in [1.54, 1.807) is 43.3 Å². The maximum absolute atomic E-state index is 12.6. The number of nitrogens with zero attached hydrogens (tertiary/aromatic N) is 1. The van der Waals surface area contributed by atoms with Crippen molar-refractivity contribution in [1.82, 2.24) is 19.8 Å². The van der Waals surface area contributed by atoms with Gasteiger partial charge in [0, 0.05) is 36.3 Å². The van der Waals surface area contributed by atoms with E-state index >= 15 is 0 Å². The molecule has 0 aliphatic heterocycles. The number of fused-ring (bicyclic) bond motifs is 1. The topological polar surface area (TPSA) is 135 Å². The molecule has 1 aromatic carbocycles. The van der Waals surface area contributed by atoms with E-state index in [1.165, 1.54) is 28.8 Å². The molecule has 2 heterocycles. The van der Waals surface area contributed by atoms with Crippen LogP contribution in [0.25, 0.3) is 5.52 Å². The molecule has 0 aliphatic carbocycles. The van der Waals surface area contributed by atoms with Crippen LogP contribution in [0.4, 0.5) is 4.79 Å². The Hall–Kier alpha value is -3.64. The van der Waals surface area contributed by atoms with Gasteiger partial charge in [-0.25, -0.2) is 13.1 Å². The Kier molecular flexibility index (Phi) is 8.66. The van der Waals surface area contributed by atoms with Crippen molar-refractivity contribution in [2.24, 2.45) is 0 Å². The quantitative estimate of drug-likeness (QED) is 0.268. The molecular weight excluding hydrogens is 471 g/mol. The van der Waals surface area contributed by atoms with Gasteiger partial charge in [-0.1, -0.05) is 18.2 Å². The minimum Gasteiger partial charge on any atom is -0.492 e. The SMILES string of the molecule is [B]C(=O)NCCCOc1ccc2cc(C(=O)NC[C@@H](C)NS(=O)(=O)c3ccccc3)cc(=O)n2c1. The molecule has 0 spiro atoms. The molecule has 3 aromatic rings. The number of ether oxygens (including phenoxy) is 1. The maximum Gasteiger partial charge on any atom is 0.255 e. The molecule has 0 fully saturated rings. The van der Waals surface area contributed by atoms with Gasteiger partial charge in [0.05, 0.1) is 17.7 Å². The van der Waals surface area contributed by atoms with E-state index in [2.05, 4.69) is 15.4 Å². The van der Waals surface area contributed by atoms with E-state index in [0.717, 1.165) is 0 Å². The second-order valence-corrected chi connectivity index (χ2v) is 9.49. The fraction of sp³-hybridized carbons (Fsp3) is 0.261. The molecule has 1 atom stereocenters. The van der Waals surface area contributed by atoms with Gasteiger partial charge in [0.1, 0.15) is 5.75 Å². The number of sulfonamides is 1. The van der Waals surface area contributed by atoms with Gasteiger partial charge >= 0.3 is 0 Å². The largest absolute Gasteiger partial charge is 0.492 e. The number of carbonyl (C=O) groups is 2. The number of hydrogen-bond acceptors (Lipinski definition) is 6. The number of nitrogens with one attached hydrogen (secondary N) is 3. The first-order valence-corrected chi connectivity index (χ1v) is 12.3. The summed E-state index contributed by atoms with van der Waals surface area (Å²) in [5.74, 6) is -0.655. The third kappa shape index (κ3) is 7.42. The summed E-state index contributed by atoms with van der Waals surface area (Å²) >= 11 is 0. The molecule has 0 saturated carbocycles. The lowest BCUT2D eigenvalue weighted by molar-refractivity contribution is 0.0951. The zero-order valence-electron chi connectivity index (χ0n) is 19.1. The van der Waals surface area contributed by atoms with E-state index in [4.69, 9.17) is 12.6 Å². The monoisotopic (exact) mass is 496 g/mol. The lowest BCUT2D eigenvalue weighted by Gasteiger charge is -2.15. The number of carbonyl (C=O) groups excluding carboxylic acids is 2. The highest BCUT2D eigenvalue weighted by Gasteiger charge is 2.18. The average molecular weight is 496 g/mol. The highest BCUT2D eigenvalue weighted by Crippen LogP contribution is 2.13. The van der Waals surface area contributed by atoms with Gasteiger partial charge in [0.2, 0.25) is 10.0 Å². The van der Waals surface area contributed by atoms with Gasteiger partial charge in [-0.3, -0.25) is 18.8 Å². The van der Waals surface area contributed by atoms with E-state index in [1.807, 2.05) is 0 Å². The summed E-state index contributed by atoms with van der Waals surface area (Å²) in [5, 5.41) is 5.10. The molecule has 0 bridgehead atoms. The smallest absolute Gasteiger partial charge is 0.255 e. The van der Waals surface area contributed by atoms with Crippen LogP contribution in [-0.2, 0) is 10.0 Å². The van der Waals surface area contributed by atoms with E-state index < -0.39 is 33.3 Å². The first-order valence-electron chi connectivity index (χ1n) is 10.8. The van der Waals surface area contributed by atoms with Crippen LogP contribution in [0.2, 0.25) is 0 Å². The van der Waals surface area contributed by atoms with E-state index in [9.17, 15) is 22.8 Å². The predicted molar refractivity (Wildman–Crippen MR) is 131 cm³/mol. The minimum atomic E-state index is -3.72. The van der Waals surface area contributed by atoms with Crippen molar-refractivity contribution < 1.29 is 22.7 Å². The number of benzene rings is 1. The molecule has 182 valence electrons. The summed E-state index contributed by atoms with van der Waals surface area (Å²) in [7, 11) is 1.28. The summed E-state index contributed by atoms with van der Waals surface area (Å²) in [5.41, 5.74) is 0.217. The lowest BCUT2D eigenvalue weighted by Crippen LogP contribution is -2.41. The molecule has 10 nitrogen and oxygen atoms in total. The van der Waals surface area contributed by atoms with Gasteiger partial charge < -0.3 is 15.4 Å². The first kappa shape index (κ1) is 26.0. The average Bonchev–Trinajstić information content (AvgIpc) is 2.82. The van der Waals surface area contributed by atoms with Gasteiger partial charge in [-0.05, 0) is 43.7 Å². The summed E-state index contributed by atoms with van der Waals surface area (Å²) < 4.78 is 34.2. The lowest BCUT2D eigenvalue weighted by atomic mass is 10.1. The Bertz CT molecular complexity index is 1360. The predicted octanol–water partition coefficient (Wildman–Crippen LogP) is 1.04. The van der Waals surface area contributed by atoms with Crippen molar-refractivity contribution in [3.8, 4) is 5.75 Å². The zero-order chi connectivity index (χ0) is 25.4.